The van der Waals surface area contributed by atoms with Crippen molar-refractivity contribution < 1.29 is 28.2 Å². The highest BCUT2D eigenvalue weighted by atomic mass is 19.1. The first-order valence-corrected chi connectivity index (χ1v) is 8.44. The highest BCUT2D eigenvalue weighted by molar-refractivity contribution is 5.99. The Morgan fingerprint density at radius 2 is 1.56 bits per heavy atom. The lowest BCUT2D eigenvalue weighted by atomic mass is 10.0. The summed E-state index contributed by atoms with van der Waals surface area (Å²) < 4.78 is 23.3. The molecule has 0 aliphatic heterocycles. The number of rotatable bonds is 8. The zero-order valence-corrected chi connectivity index (χ0v) is 15.5. The van der Waals surface area contributed by atoms with E-state index in [0.29, 0.717) is 5.56 Å². The van der Waals surface area contributed by atoms with Crippen LogP contribution >= 0.6 is 0 Å². The lowest BCUT2D eigenvalue weighted by molar-refractivity contribution is -0.142. The van der Waals surface area contributed by atoms with Crippen molar-refractivity contribution in [2.75, 3.05) is 13.7 Å². The molecule has 0 radical (unpaired) electrons. The quantitative estimate of drug-likeness (QED) is 0.520. The monoisotopic (exact) mass is 372 g/mol. The third kappa shape index (κ3) is 5.48. The molecule has 2 aromatic carbocycles. The summed E-state index contributed by atoms with van der Waals surface area (Å²) in [7, 11) is 1.32. The number of Topliss-reactive ketones (excluding diaryl/α,β-unsaturated/α-hetero) is 2. The maximum Gasteiger partial charge on any atom is 0.306 e. The SMILES string of the molecule is COc1ccc(C(=O)COC(=O)CCC(=O)c2ccc(C)c(C)c2)cc1F. The maximum atomic E-state index is 13.6. The first kappa shape index (κ1) is 20.3. The van der Waals surface area contributed by atoms with E-state index >= 15 is 0 Å². The van der Waals surface area contributed by atoms with Crippen LogP contribution in [0.25, 0.3) is 0 Å². The number of ether oxygens (including phenoxy) is 2. The van der Waals surface area contributed by atoms with Crippen LogP contribution in [0.15, 0.2) is 36.4 Å². The van der Waals surface area contributed by atoms with E-state index in [1.54, 1.807) is 12.1 Å². The summed E-state index contributed by atoms with van der Waals surface area (Å²) in [4.78, 5) is 35.9. The average Bonchev–Trinajstić information content (AvgIpc) is 2.66. The molecule has 142 valence electrons. The molecule has 0 N–H and O–H groups in total. The van der Waals surface area contributed by atoms with Crippen molar-refractivity contribution in [2.45, 2.75) is 26.7 Å². The first-order valence-electron chi connectivity index (χ1n) is 8.44. The van der Waals surface area contributed by atoms with E-state index in [-0.39, 0.29) is 29.9 Å². The van der Waals surface area contributed by atoms with Gasteiger partial charge in [0.2, 0.25) is 0 Å². The summed E-state index contributed by atoms with van der Waals surface area (Å²) in [6.07, 6.45) is -0.136. The molecular formula is C21H21FO5. The minimum atomic E-state index is -0.673. The predicted molar refractivity (Wildman–Crippen MR) is 97.7 cm³/mol. The van der Waals surface area contributed by atoms with Crippen molar-refractivity contribution in [2.24, 2.45) is 0 Å². The van der Waals surface area contributed by atoms with Crippen molar-refractivity contribution in [1.82, 2.24) is 0 Å². The second-order valence-corrected chi connectivity index (χ2v) is 6.16. The molecule has 0 saturated carbocycles. The fourth-order valence-corrected chi connectivity index (χ4v) is 2.42. The van der Waals surface area contributed by atoms with Gasteiger partial charge in [0.15, 0.2) is 29.7 Å². The van der Waals surface area contributed by atoms with E-state index in [2.05, 4.69) is 0 Å². The highest BCUT2D eigenvalue weighted by Gasteiger charge is 2.15. The zero-order valence-electron chi connectivity index (χ0n) is 15.5. The molecule has 0 aliphatic rings. The Balaban J connectivity index is 1.83. The lowest BCUT2D eigenvalue weighted by Crippen LogP contribution is -2.15. The minimum Gasteiger partial charge on any atom is -0.494 e. The number of esters is 1. The molecule has 0 bridgehead atoms. The Morgan fingerprint density at radius 1 is 0.889 bits per heavy atom. The lowest BCUT2D eigenvalue weighted by Gasteiger charge is -2.07. The van der Waals surface area contributed by atoms with Crippen molar-refractivity contribution >= 4 is 17.5 Å². The van der Waals surface area contributed by atoms with Crippen LogP contribution in [-0.4, -0.2) is 31.3 Å². The molecule has 0 unspecified atom stereocenters. The largest absolute Gasteiger partial charge is 0.494 e. The number of aryl methyl sites for hydroxylation is 2. The molecule has 2 aromatic rings. The average molecular weight is 372 g/mol. The summed E-state index contributed by atoms with van der Waals surface area (Å²) in [5.41, 5.74) is 2.70. The third-order valence-corrected chi connectivity index (χ3v) is 4.22. The fraction of sp³-hybridized carbons (Fsp3) is 0.286. The van der Waals surface area contributed by atoms with Crippen molar-refractivity contribution in [3.05, 3.63) is 64.5 Å². The summed E-state index contributed by atoms with van der Waals surface area (Å²) >= 11 is 0. The summed E-state index contributed by atoms with van der Waals surface area (Å²) in [6.45, 7) is 3.35. The van der Waals surface area contributed by atoms with Crippen LogP contribution in [0.5, 0.6) is 5.75 Å². The van der Waals surface area contributed by atoms with Crippen LogP contribution in [0, 0.1) is 19.7 Å². The Morgan fingerprint density at radius 3 is 2.19 bits per heavy atom. The van der Waals surface area contributed by atoms with E-state index in [9.17, 15) is 18.8 Å². The van der Waals surface area contributed by atoms with Gasteiger partial charge >= 0.3 is 5.97 Å². The molecule has 0 fully saturated rings. The van der Waals surface area contributed by atoms with Gasteiger partial charge in [-0.2, -0.15) is 0 Å². The molecule has 0 heterocycles. The molecule has 6 heteroatoms. The van der Waals surface area contributed by atoms with E-state index in [1.165, 1.54) is 19.2 Å². The zero-order chi connectivity index (χ0) is 20.0. The number of carbonyl (C=O) groups is 3. The normalized spacial score (nSPS) is 10.4. The second-order valence-electron chi connectivity index (χ2n) is 6.16. The van der Waals surface area contributed by atoms with Gasteiger partial charge in [-0.05, 0) is 49.2 Å². The molecular weight excluding hydrogens is 351 g/mol. The van der Waals surface area contributed by atoms with E-state index in [4.69, 9.17) is 9.47 Å². The Kier molecular flexibility index (Phi) is 6.82. The van der Waals surface area contributed by atoms with E-state index in [1.807, 2.05) is 19.9 Å². The molecule has 0 atom stereocenters. The molecule has 0 spiro atoms. The van der Waals surface area contributed by atoms with Gasteiger partial charge in [0.05, 0.1) is 13.5 Å². The summed E-state index contributed by atoms with van der Waals surface area (Å²) in [5.74, 6) is -2.01. The topological polar surface area (TPSA) is 69.7 Å². The Hall–Kier alpha value is -3.02. The number of carbonyl (C=O) groups excluding carboxylic acids is 3. The maximum absolute atomic E-state index is 13.6. The van der Waals surface area contributed by atoms with Gasteiger partial charge in [-0.1, -0.05) is 12.1 Å². The first-order chi connectivity index (χ1) is 12.8. The number of benzene rings is 2. The molecule has 27 heavy (non-hydrogen) atoms. The smallest absolute Gasteiger partial charge is 0.306 e. The molecule has 0 aromatic heterocycles. The number of ketones is 2. The number of hydrogen-bond donors (Lipinski definition) is 0. The van der Waals surface area contributed by atoms with Crippen LogP contribution < -0.4 is 4.74 Å². The van der Waals surface area contributed by atoms with Crippen LogP contribution in [0.1, 0.15) is 44.7 Å². The summed E-state index contributed by atoms with van der Waals surface area (Å²) in [5, 5.41) is 0. The Labute approximate surface area is 157 Å². The van der Waals surface area contributed by atoms with Gasteiger partial charge in [0.25, 0.3) is 0 Å². The van der Waals surface area contributed by atoms with Gasteiger partial charge in [-0.3, -0.25) is 14.4 Å². The number of halogens is 1. The van der Waals surface area contributed by atoms with Gasteiger partial charge in [-0.15, -0.1) is 0 Å². The van der Waals surface area contributed by atoms with Crippen LogP contribution in [-0.2, 0) is 9.53 Å². The molecule has 0 amide bonds. The van der Waals surface area contributed by atoms with Crippen molar-refractivity contribution in [3.63, 3.8) is 0 Å². The number of hydrogen-bond acceptors (Lipinski definition) is 5. The number of methoxy groups -OCH3 is 1. The minimum absolute atomic E-state index is 0.00725. The van der Waals surface area contributed by atoms with E-state index < -0.39 is 24.2 Å². The molecule has 0 aliphatic carbocycles. The van der Waals surface area contributed by atoms with Gasteiger partial charge < -0.3 is 9.47 Å². The standard InChI is InChI=1S/C21H21FO5/c1-13-4-5-15(10-14(13)2)18(23)7-9-21(25)27-12-19(24)16-6-8-20(26-3)17(22)11-16/h4-6,8,10-11H,7,9,12H2,1-3H3. The molecule has 5 nitrogen and oxygen atoms in total. The fourth-order valence-electron chi connectivity index (χ4n) is 2.42. The second kappa shape index (κ2) is 9.07. The highest BCUT2D eigenvalue weighted by Crippen LogP contribution is 2.18. The van der Waals surface area contributed by atoms with Gasteiger partial charge in [0.1, 0.15) is 0 Å². The molecule has 0 saturated heterocycles. The Bertz CT molecular complexity index is 873. The van der Waals surface area contributed by atoms with Crippen molar-refractivity contribution in [1.29, 1.82) is 0 Å². The molecule has 2 rings (SSSR count). The third-order valence-electron chi connectivity index (χ3n) is 4.22. The van der Waals surface area contributed by atoms with Crippen LogP contribution in [0.3, 0.4) is 0 Å². The summed E-state index contributed by atoms with van der Waals surface area (Å²) in [6, 6.07) is 9.10. The van der Waals surface area contributed by atoms with E-state index in [0.717, 1.165) is 17.2 Å². The van der Waals surface area contributed by atoms with Crippen LogP contribution in [0.2, 0.25) is 0 Å². The van der Waals surface area contributed by atoms with Crippen LogP contribution in [0.4, 0.5) is 4.39 Å². The van der Waals surface area contributed by atoms with Gasteiger partial charge in [0, 0.05) is 17.5 Å². The van der Waals surface area contributed by atoms with Crippen molar-refractivity contribution in [3.8, 4) is 5.75 Å². The van der Waals surface area contributed by atoms with Gasteiger partial charge in [-0.25, -0.2) is 4.39 Å². The predicted octanol–water partition coefficient (Wildman–Crippen LogP) is 3.84.